The molecular weight excluding hydrogens is 583 g/mol. The molecule has 10 nitrogen and oxygen atoms in total. The lowest BCUT2D eigenvalue weighted by Crippen LogP contribution is -2.52. The molecule has 41 heavy (non-hydrogen) atoms. The summed E-state index contributed by atoms with van der Waals surface area (Å²) in [7, 11) is 0. The molecular formula is C25H20ClF5N4O6. The highest BCUT2D eigenvalue weighted by atomic mass is 35.5. The summed E-state index contributed by atoms with van der Waals surface area (Å²) in [5.74, 6) is -3.86. The third kappa shape index (κ3) is 5.62. The molecule has 1 aromatic heterocycles. The second-order valence-electron chi connectivity index (χ2n) is 9.74. The van der Waals surface area contributed by atoms with E-state index in [9.17, 15) is 32.3 Å². The van der Waals surface area contributed by atoms with Crippen LogP contribution >= 0.6 is 11.6 Å². The third-order valence-corrected chi connectivity index (χ3v) is 7.38. The number of piperidine rings is 1. The summed E-state index contributed by atoms with van der Waals surface area (Å²) >= 11 is 6.28. The van der Waals surface area contributed by atoms with E-state index in [0.717, 1.165) is 17.2 Å². The SMILES string of the molecule is O=C1CCC(N2Cc3c(Cl)cc(CNC(=O)OC4CC(F)(c5cccnc5OC(F)(F)F)C4)c(F)c3C2=O)C(=O)N1. The fourth-order valence-corrected chi connectivity index (χ4v) is 5.37. The maximum atomic E-state index is 15.3. The first-order chi connectivity index (χ1) is 19.3. The highest BCUT2D eigenvalue weighted by molar-refractivity contribution is 6.32. The van der Waals surface area contributed by atoms with Crippen LogP contribution in [-0.4, -0.2) is 52.2 Å². The number of carbonyl (C=O) groups is 4. The Labute approximate surface area is 233 Å². The molecule has 3 heterocycles. The second kappa shape index (κ2) is 10.4. The van der Waals surface area contributed by atoms with Gasteiger partial charge in [0.2, 0.25) is 17.7 Å². The lowest BCUT2D eigenvalue weighted by atomic mass is 9.74. The summed E-state index contributed by atoms with van der Waals surface area (Å²) in [5, 5.41) is 4.43. The molecule has 2 N–H and O–H groups in total. The average molecular weight is 603 g/mol. The summed E-state index contributed by atoms with van der Waals surface area (Å²) in [6, 6.07) is 2.56. The molecule has 0 radical (unpaired) electrons. The van der Waals surface area contributed by atoms with Gasteiger partial charge in [-0.2, -0.15) is 0 Å². The molecule has 2 fully saturated rings. The van der Waals surface area contributed by atoms with Gasteiger partial charge in [0.25, 0.3) is 5.91 Å². The maximum Gasteiger partial charge on any atom is 0.574 e. The van der Waals surface area contributed by atoms with Gasteiger partial charge in [-0.3, -0.25) is 19.7 Å². The minimum Gasteiger partial charge on any atom is -0.446 e. The highest BCUT2D eigenvalue weighted by Crippen LogP contribution is 2.49. The fourth-order valence-electron chi connectivity index (χ4n) is 5.09. The molecule has 16 heteroatoms. The maximum absolute atomic E-state index is 15.3. The molecule has 1 saturated heterocycles. The van der Waals surface area contributed by atoms with Gasteiger partial charge in [0, 0.05) is 54.7 Å². The molecule has 0 spiro atoms. The number of pyridine rings is 1. The number of halogens is 6. The van der Waals surface area contributed by atoms with Crippen LogP contribution in [0.15, 0.2) is 24.4 Å². The van der Waals surface area contributed by atoms with Gasteiger partial charge < -0.3 is 19.7 Å². The lowest BCUT2D eigenvalue weighted by Gasteiger charge is -2.40. The van der Waals surface area contributed by atoms with Crippen molar-refractivity contribution in [2.45, 2.75) is 62.9 Å². The first-order valence-corrected chi connectivity index (χ1v) is 12.6. The molecule has 2 aliphatic heterocycles. The fraction of sp³-hybridized carbons (Fsp3) is 0.400. The van der Waals surface area contributed by atoms with Crippen LogP contribution in [0.5, 0.6) is 5.88 Å². The number of benzene rings is 1. The number of amides is 4. The number of nitrogens with one attached hydrogen (secondary N) is 2. The van der Waals surface area contributed by atoms with Gasteiger partial charge in [-0.15, -0.1) is 13.2 Å². The van der Waals surface area contributed by atoms with Crippen LogP contribution in [0.2, 0.25) is 5.02 Å². The van der Waals surface area contributed by atoms with Crippen LogP contribution in [0, 0.1) is 5.82 Å². The molecule has 0 bridgehead atoms. The number of hydrogen-bond acceptors (Lipinski definition) is 7. The van der Waals surface area contributed by atoms with Gasteiger partial charge >= 0.3 is 12.5 Å². The number of alkyl halides is 4. The molecule has 5 rings (SSSR count). The van der Waals surface area contributed by atoms with E-state index in [4.69, 9.17) is 16.3 Å². The summed E-state index contributed by atoms with van der Waals surface area (Å²) < 4.78 is 77.4. The summed E-state index contributed by atoms with van der Waals surface area (Å²) in [6.45, 7) is -0.617. The Morgan fingerprint density at radius 3 is 2.68 bits per heavy atom. The van der Waals surface area contributed by atoms with E-state index in [0.29, 0.717) is 0 Å². The minimum absolute atomic E-state index is 0.0132. The molecule has 1 aromatic carbocycles. The van der Waals surface area contributed by atoms with E-state index >= 15 is 8.78 Å². The van der Waals surface area contributed by atoms with Gasteiger partial charge in [-0.05, 0) is 24.6 Å². The van der Waals surface area contributed by atoms with Crippen LogP contribution in [0.3, 0.4) is 0 Å². The molecule has 4 amide bonds. The molecule has 1 atom stereocenters. The average Bonchev–Trinajstić information content (AvgIpc) is 3.21. The monoisotopic (exact) mass is 602 g/mol. The van der Waals surface area contributed by atoms with Crippen molar-refractivity contribution >= 4 is 35.4 Å². The first kappa shape index (κ1) is 28.5. The third-order valence-electron chi connectivity index (χ3n) is 7.05. The van der Waals surface area contributed by atoms with Gasteiger partial charge in [0.1, 0.15) is 23.6 Å². The summed E-state index contributed by atoms with van der Waals surface area (Å²) in [6.07, 6.45) is -6.99. The van der Waals surface area contributed by atoms with Crippen LogP contribution in [0.4, 0.5) is 26.7 Å². The van der Waals surface area contributed by atoms with Gasteiger partial charge in [0.05, 0.1) is 11.1 Å². The largest absolute Gasteiger partial charge is 0.574 e. The smallest absolute Gasteiger partial charge is 0.446 e. The van der Waals surface area contributed by atoms with E-state index < -0.39 is 84.6 Å². The van der Waals surface area contributed by atoms with E-state index in [2.05, 4.69) is 20.4 Å². The van der Waals surface area contributed by atoms with Crippen LogP contribution in [0.1, 0.15) is 52.7 Å². The van der Waals surface area contributed by atoms with E-state index in [1.165, 1.54) is 12.1 Å². The number of ether oxygens (including phenoxy) is 2. The predicted octanol–water partition coefficient (Wildman–Crippen LogP) is 3.79. The van der Waals surface area contributed by atoms with Crippen LogP contribution in [-0.2, 0) is 33.1 Å². The van der Waals surface area contributed by atoms with Crippen LogP contribution < -0.4 is 15.4 Å². The molecule has 1 aliphatic carbocycles. The van der Waals surface area contributed by atoms with Crippen molar-refractivity contribution in [3.63, 3.8) is 0 Å². The Kier molecular flexibility index (Phi) is 7.26. The number of fused-ring (bicyclic) bond motifs is 1. The molecule has 1 unspecified atom stereocenters. The predicted molar refractivity (Wildman–Crippen MR) is 128 cm³/mol. The Morgan fingerprint density at radius 1 is 1.27 bits per heavy atom. The Balaban J connectivity index is 1.20. The Bertz CT molecular complexity index is 1450. The summed E-state index contributed by atoms with van der Waals surface area (Å²) in [4.78, 5) is 53.5. The highest BCUT2D eigenvalue weighted by Gasteiger charge is 2.51. The molecule has 218 valence electrons. The standard InChI is InChI=1S/C25H20ClF5N4O6/c26-15-6-11(19(27)18-13(15)10-35(22(18)38)16-3-4-17(36)34-20(16)37)9-33-23(39)40-12-7-24(28,8-12)14-2-1-5-32-21(14)41-25(29,30)31/h1-2,5-6,12,16H,3-4,7-10H2,(H,33,39)(H,34,36,37). The van der Waals surface area contributed by atoms with Crippen molar-refractivity contribution in [1.82, 2.24) is 20.5 Å². The Morgan fingerprint density at radius 2 is 2.00 bits per heavy atom. The number of aromatic nitrogens is 1. The minimum atomic E-state index is -5.08. The zero-order valence-corrected chi connectivity index (χ0v) is 21.6. The molecule has 3 aliphatic rings. The van der Waals surface area contributed by atoms with Crippen LogP contribution in [0.25, 0.3) is 0 Å². The van der Waals surface area contributed by atoms with Gasteiger partial charge in [0.15, 0.2) is 0 Å². The summed E-state index contributed by atoms with van der Waals surface area (Å²) in [5.41, 5.74) is -3.09. The molecule has 2 aromatic rings. The van der Waals surface area contributed by atoms with Gasteiger partial charge in [-0.25, -0.2) is 18.6 Å². The van der Waals surface area contributed by atoms with E-state index in [1.54, 1.807) is 0 Å². The number of imide groups is 1. The van der Waals surface area contributed by atoms with Crippen molar-refractivity contribution in [2.75, 3.05) is 0 Å². The van der Waals surface area contributed by atoms with Crippen molar-refractivity contribution in [1.29, 1.82) is 0 Å². The topological polar surface area (TPSA) is 127 Å². The van der Waals surface area contributed by atoms with Crippen molar-refractivity contribution in [3.05, 3.63) is 57.5 Å². The van der Waals surface area contributed by atoms with E-state index in [1.807, 2.05) is 0 Å². The zero-order valence-electron chi connectivity index (χ0n) is 20.8. The van der Waals surface area contributed by atoms with Crippen molar-refractivity contribution in [3.8, 4) is 5.88 Å². The number of alkyl carbamates (subject to hydrolysis) is 1. The Hall–Kier alpha value is -4.01. The number of rotatable bonds is 6. The number of nitrogens with zero attached hydrogens (tertiary/aromatic N) is 2. The quantitative estimate of drug-likeness (QED) is 0.381. The zero-order chi connectivity index (χ0) is 29.7. The first-order valence-electron chi connectivity index (χ1n) is 12.2. The van der Waals surface area contributed by atoms with Gasteiger partial charge in [-0.1, -0.05) is 11.6 Å². The normalized spacial score (nSPS) is 24.0. The van der Waals surface area contributed by atoms with Crippen molar-refractivity contribution in [2.24, 2.45) is 0 Å². The van der Waals surface area contributed by atoms with Crippen molar-refractivity contribution < 1.29 is 50.6 Å². The molecule has 1 saturated carbocycles. The second-order valence-corrected chi connectivity index (χ2v) is 10.2. The lowest BCUT2D eigenvalue weighted by molar-refractivity contribution is -0.277. The van der Waals surface area contributed by atoms with E-state index in [-0.39, 0.29) is 41.1 Å². The number of hydrogen-bond donors (Lipinski definition) is 2. The number of carbonyl (C=O) groups excluding carboxylic acids is 4.